The lowest BCUT2D eigenvalue weighted by Crippen LogP contribution is -2.49. The van der Waals surface area contributed by atoms with Crippen molar-refractivity contribution in [3.63, 3.8) is 0 Å². The van der Waals surface area contributed by atoms with Gasteiger partial charge in [-0.05, 0) is 37.3 Å². The largest absolute Gasteiger partial charge is 0.368 e. The number of benzene rings is 1. The summed E-state index contributed by atoms with van der Waals surface area (Å²) in [6.07, 6.45) is 4.03. The molecular weight excluding hydrogens is 345 g/mol. The number of carbonyl (C=O) groups excluding carboxylic acids is 1. The molecule has 24 heavy (non-hydrogen) atoms. The summed E-state index contributed by atoms with van der Waals surface area (Å²) in [6, 6.07) is 8.71. The Kier molecular flexibility index (Phi) is 8.34. The van der Waals surface area contributed by atoms with Gasteiger partial charge < -0.3 is 15.5 Å². The first kappa shape index (κ1) is 21.1. The van der Waals surface area contributed by atoms with E-state index in [1.165, 1.54) is 17.7 Å². The molecule has 1 aliphatic carbocycles. The van der Waals surface area contributed by atoms with Gasteiger partial charge >= 0.3 is 0 Å². The van der Waals surface area contributed by atoms with Crippen LogP contribution in [0.1, 0.15) is 31.2 Å². The van der Waals surface area contributed by atoms with E-state index in [9.17, 15) is 4.79 Å². The fourth-order valence-electron chi connectivity index (χ4n) is 3.79. The number of amides is 1. The Morgan fingerprint density at radius 2 is 1.79 bits per heavy atom. The SMILES string of the molecule is Cc1ccccc1N1CCN(C(=O)C[C@@H]2CCC[C@H]2N)CC1.Cl.Cl. The first-order valence-corrected chi connectivity index (χ1v) is 8.49. The molecule has 1 aliphatic heterocycles. The standard InChI is InChI=1S/C18H27N3O.2ClH/c1-14-5-2-3-8-17(14)20-9-11-21(12-10-20)18(22)13-15-6-4-7-16(15)19;;/h2-3,5,8,15-16H,4,6-7,9-13,19H2,1H3;2*1H/t15-,16+;;/m0../s1. The number of nitrogens with zero attached hydrogens (tertiary/aromatic N) is 2. The van der Waals surface area contributed by atoms with Gasteiger partial charge in [-0.25, -0.2) is 0 Å². The summed E-state index contributed by atoms with van der Waals surface area (Å²) in [5.74, 6) is 0.702. The fraction of sp³-hybridized carbons (Fsp3) is 0.611. The predicted molar refractivity (Wildman–Crippen MR) is 104 cm³/mol. The van der Waals surface area contributed by atoms with E-state index < -0.39 is 0 Å². The van der Waals surface area contributed by atoms with Gasteiger partial charge in [0.2, 0.25) is 5.91 Å². The lowest BCUT2D eigenvalue weighted by Gasteiger charge is -2.37. The molecule has 2 aliphatic rings. The minimum absolute atomic E-state index is 0. The van der Waals surface area contributed by atoms with E-state index in [2.05, 4.69) is 36.1 Å². The Morgan fingerprint density at radius 1 is 1.12 bits per heavy atom. The van der Waals surface area contributed by atoms with Crippen molar-refractivity contribution in [1.29, 1.82) is 0 Å². The number of hydrogen-bond acceptors (Lipinski definition) is 3. The van der Waals surface area contributed by atoms with Crippen LogP contribution in [-0.2, 0) is 4.79 Å². The predicted octanol–water partition coefficient (Wildman–Crippen LogP) is 3.00. The number of para-hydroxylation sites is 1. The van der Waals surface area contributed by atoms with Crippen molar-refractivity contribution >= 4 is 36.4 Å². The van der Waals surface area contributed by atoms with Crippen LogP contribution >= 0.6 is 24.8 Å². The van der Waals surface area contributed by atoms with E-state index in [-0.39, 0.29) is 30.9 Å². The summed E-state index contributed by atoms with van der Waals surface area (Å²) in [7, 11) is 0. The molecule has 2 fully saturated rings. The fourth-order valence-corrected chi connectivity index (χ4v) is 3.79. The normalized spacial score (nSPS) is 23.4. The monoisotopic (exact) mass is 373 g/mol. The zero-order valence-corrected chi connectivity index (χ0v) is 16.0. The number of carbonyl (C=O) groups is 1. The van der Waals surface area contributed by atoms with Crippen LogP contribution < -0.4 is 10.6 Å². The van der Waals surface area contributed by atoms with Gasteiger partial charge in [-0.2, -0.15) is 0 Å². The maximum atomic E-state index is 12.5. The smallest absolute Gasteiger partial charge is 0.223 e. The number of aryl methyl sites for hydroxylation is 1. The molecule has 0 radical (unpaired) electrons. The van der Waals surface area contributed by atoms with E-state index in [1.54, 1.807) is 0 Å². The molecule has 1 aromatic carbocycles. The van der Waals surface area contributed by atoms with Crippen molar-refractivity contribution in [1.82, 2.24) is 4.90 Å². The zero-order valence-electron chi connectivity index (χ0n) is 14.3. The molecule has 1 heterocycles. The molecular formula is C18H29Cl2N3O. The van der Waals surface area contributed by atoms with Crippen molar-refractivity contribution in [2.45, 2.75) is 38.6 Å². The molecule has 2 atom stereocenters. The number of piperazine rings is 1. The van der Waals surface area contributed by atoms with Gasteiger partial charge in [0, 0.05) is 44.3 Å². The summed E-state index contributed by atoms with van der Waals surface area (Å²) < 4.78 is 0. The highest BCUT2D eigenvalue weighted by Gasteiger charge is 2.29. The van der Waals surface area contributed by atoms with Crippen molar-refractivity contribution in [3.05, 3.63) is 29.8 Å². The second-order valence-corrected chi connectivity index (χ2v) is 6.71. The number of halogens is 2. The maximum Gasteiger partial charge on any atom is 0.223 e. The number of anilines is 1. The van der Waals surface area contributed by atoms with Crippen molar-refractivity contribution in [2.24, 2.45) is 11.7 Å². The minimum Gasteiger partial charge on any atom is -0.368 e. The molecule has 2 N–H and O–H groups in total. The van der Waals surface area contributed by atoms with E-state index >= 15 is 0 Å². The number of rotatable bonds is 3. The van der Waals surface area contributed by atoms with Crippen molar-refractivity contribution in [3.8, 4) is 0 Å². The highest BCUT2D eigenvalue weighted by Crippen LogP contribution is 2.28. The quantitative estimate of drug-likeness (QED) is 0.885. The first-order valence-electron chi connectivity index (χ1n) is 8.49. The van der Waals surface area contributed by atoms with E-state index in [1.807, 2.05) is 4.90 Å². The van der Waals surface area contributed by atoms with Gasteiger partial charge in [-0.15, -0.1) is 24.8 Å². The minimum atomic E-state index is 0. The molecule has 4 nitrogen and oxygen atoms in total. The van der Waals surface area contributed by atoms with E-state index in [0.717, 1.165) is 39.0 Å². The second kappa shape index (κ2) is 9.50. The number of nitrogens with two attached hydrogens (primary N) is 1. The zero-order chi connectivity index (χ0) is 15.5. The molecule has 6 heteroatoms. The van der Waals surface area contributed by atoms with Crippen LogP contribution in [0.3, 0.4) is 0 Å². The molecule has 0 spiro atoms. The maximum absolute atomic E-state index is 12.5. The molecule has 1 saturated heterocycles. The molecule has 136 valence electrons. The number of hydrogen-bond donors (Lipinski definition) is 1. The molecule has 0 bridgehead atoms. The highest BCUT2D eigenvalue weighted by atomic mass is 35.5. The Balaban J connectivity index is 0.00000144. The van der Waals surface area contributed by atoms with Crippen molar-refractivity contribution in [2.75, 3.05) is 31.1 Å². The Bertz CT molecular complexity index is 533. The average Bonchev–Trinajstić information content (AvgIpc) is 2.93. The van der Waals surface area contributed by atoms with Crippen LogP contribution in [0, 0.1) is 12.8 Å². The topological polar surface area (TPSA) is 49.6 Å². The van der Waals surface area contributed by atoms with Gasteiger partial charge in [-0.3, -0.25) is 4.79 Å². The van der Waals surface area contributed by atoms with Gasteiger partial charge in [-0.1, -0.05) is 24.6 Å². The van der Waals surface area contributed by atoms with Gasteiger partial charge in [0.1, 0.15) is 0 Å². The summed E-state index contributed by atoms with van der Waals surface area (Å²) >= 11 is 0. The molecule has 0 unspecified atom stereocenters. The summed E-state index contributed by atoms with van der Waals surface area (Å²) in [4.78, 5) is 16.9. The summed E-state index contributed by atoms with van der Waals surface area (Å²) in [6.45, 7) is 5.65. The molecule has 1 amide bonds. The van der Waals surface area contributed by atoms with E-state index in [4.69, 9.17) is 5.73 Å². The Morgan fingerprint density at radius 3 is 2.38 bits per heavy atom. The summed E-state index contributed by atoms with van der Waals surface area (Å²) in [5, 5.41) is 0. The van der Waals surface area contributed by atoms with Crippen molar-refractivity contribution < 1.29 is 4.79 Å². The Hall–Kier alpha value is -0.970. The lowest BCUT2D eigenvalue weighted by molar-refractivity contribution is -0.132. The van der Waals surface area contributed by atoms with Gasteiger partial charge in [0.15, 0.2) is 0 Å². The van der Waals surface area contributed by atoms with E-state index in [0.29, 0.717) is 18.2 Å². The third-order valence-corrected chi connectivity index (χ3v) is 5.24. The first-order chi connectivity index (χ1) is 10.6. The molecule has 3 rings (SSSR count). The molecule has 1 aromatic rings. The average molecular weight is 374 g/mol. The van der Waals surface area contributed by atoms with Gasteiger partial charge in [0.05, 0.1) is 0 Å². The van der Waals surface area contributed by atoms with Crippen LogP contribution in [0.15, 0.2) is 24.3 Å². The third kappa shape index (κ3) is 4.78. The highest BCUT2D eigenvalue weighted by molar-refractivity contribution is 5.85. The van der Waals surface area contributed by atoms with Crippen LogP contribution in [0.2, 0.25) is 0 Å². The molecule has 1 saturated carbocycles. The van der Waals surface area contributed by atoms with Gasteiger partial charge in [0.25, 0.3) is 0 Å². The lowest BCUT2D eigenvalue weighted by atomic mass is 9.99. The summed E-state index contributed by atoms with van der Waals surface area (Å²) in [5.41, 5.74) is 8.70. The molecule has 0 aromatic heterocycles. The van der Waals surface area contributed by atoms with Crippen LogP contribution in [-0.4, -0.2) is 43.0 Å². The van der Waals surface area contributed by atoms with Crippen LogP contribution in [0.4, 0.5) is 5.69 Å². The Labute approximate surface area is 157 Å². The third-order valence-electron chi connectivity index (χ3n) is 5.24. The second-order valence-electron chi connectivity index (χ2n) is 6.71. The van der Waals surface area contributed by atoms with Crippen LogP contribution in [0.25, 0.3) is 0 Å². The van der Waals surface area contributed by atoms with Crippen LogP contribution in [0.5, 0.6) is 0 Å².